The molecule has 0 spiro atoms. The van der Waals surface area contributed by atoms with Crippen LogP contribution in [0.5, 0.6) is 0 Å². The van der Waals surface area contributed by atoms with E-state index >= 15 is 0 Å². The Kier molecular flexibility index (Phi) is 5.98. The van der Waals surface area contributed by atoms with E-state index in [2.05, 4.69) is 28.0 Å². The average Bonchev–Trinajstić information content (AvgIpc) is 2.74. The number of carbonyl (C=O) groups is 1. The Hall–Kier alpha value is -1.63. The molecule has 0 saturated heterocycles. The van der Waals surface area contributed by atoms with Gasteiger partial charge in [0.25, 0.3) is 0 Å². The number of hydrogen-bond donors (Lipinski definition) is 3. The Morgan fingerprint density at radius 2 is 2.04 bits per heavy atom. The molecule has 1 aliphatic carbocycles. The lowest BCUT2D eigenvalue weighted by molar-refractivity contribution is -0.115. The summed E-state index contributed by atoms with van der Waals surface area (Å²) in [5.74, 6) is 0.503. The molecule has 6 nitrogen and oxygen atoms in total. The molecule has 0 aromatic carbocycles. The molecular weight excluding hydrogens is 310 g/mol. The van der Waals surface area contributed by atoms with E-state index in [-0.39, 0.29) is 12.5 Å². The van der Waals surface area contributed by atoms with Gasteiger partial charge in [-0.3, -0.25) is 9.48 Å². The van der Waals surface area contributed by atoms with Gasteiger partial charge in [-0.1, -0.05) is 19.8 Å². The summed E-state index contributed by atoms with van der Waals surface area (Å²) in [6.45, 7) is 6.22. The van der Waals surface area contributed by atoms with Crippen LogP contribution in [0.1, 0.15) is 44.0 Å². The largest absolute Gasteiger partial charge is 0.360 e. The normalized spacial score (nSPS) is 20.9. The fraction of sp³-hybridized carbons (Fsp3) is 0.688. The zero-order valence-electron chi connectivity index (χ0n) is 14.4. The molecule has 1 aromatic rings. The van der Waals surface area contributed by atoms with Crippen molar-refractivity contribution in [1.29, 1.82) is 0 Å². The van der Waals surface area contributed by atoms with Crippen molar-refractivity contribution in [3.8, 4) is 0 Å². The molecule has 1 saturated carbocycles. The molecule has 7 heteroatoms. The molecule has 2 atom stereocenters. The van der Waals surface area contributed by atoms with Crippen molar-refractivity contribution in [3.63, 3.8) is 0 Å². The smallest absolute Gasteiger partial charge is 0.243 e. The third kappa shape index (κ3) is 4.67. The first-order chi connectivity index (χ1) is 10.9. The molecular formula is C16H27N5OS. The van der Waals surface area contributed by atoms with Crippen LogP contribution >= 0.6 is 12.2 Å². The monoisotopic (exact) mass is 337 g/mol. The van der Waals surface area contributed by atoms with Gasteiger partial charge in [0, 0.05) is 13.1 Å². The van der Waals surface area contributed by atoms with Gasteiger partial charge in [-0.15, -0.1) is 0 Å². The van der Waals surface area contributed by atoms with Gasteiger partial charge in [0.1, 0.15) is 0 Å². The summed E-state index contributed by atoms with van der Waals surface area (Å²) in [5, 5.41) is 14.1. The minimum atomic E-state index is -0.120. The predicted octanol–water partition coefficient (Wildman–Crippen LogP) is 2.02. The van der Waals surface area contributed by atoms with E-state index in [0.717, 1.165) is 23.5 Å². The molecule has 0 unspecified atom stereocenters. The fourth-order valence-corrected chi connectivity index (χ4v) is 3.27. The highest BCUT2D eigenvalue weighted by atomic mass is 32.1. The van der Waals surface area contributed by atoms with Crippen molar-refractivity contribution >= 4 is 28.9 Å². The van der Waals surface area contributed by atoms with E-state index in [4.69, 9.17) is 12.2 Å². The maximum Gasteiger partial charge on any atom is 0.243 e. The Morgan fingerprint density at radius 3 is 2.65 bits per heavy atom. The molecule has 0 aliphatic heterocycles. The summed E-state index contributed by atoms with van der Waals surface area (Å²) in [6.07, 6.45) is 4.92. The Labute approximate surface area is 143 Å². The van der Waals surface area contributed by atoms with E-state index in [9.17, 15) is 4.79 Å². The molecule has 1 fully saturated rings. The lowest BCUT2D eigenvalue weighted by Crippen LogP contribution is -2.47. The molecule has 3 N–H and O–H groups in total. The summed E-state index contributed by atoms with van der Waals surface area (Å²) < 4.78 is 1.76. The first-order valence-electron chi connectivity index (χ1n) is 8.23. The van der Waals surface area contributed by atoms with E-state index in [1.54, 1.807) is 4.68 Å². The van der Waals surface area contributed by atoms with Gasteiger partial charge >= 0.3 is 0 Å². The third-order valence-electron chi connectivity index (χ3n) is 4.61. The number of anilines is 1. The van der Waals surface area contributed by atoms with Crippen molar-refractivity contribution in [3.05, 3.63) is 11.4 Å². The Balaban J connectivity index is 1.78. The number of aryl methyl sites for hydroxylation is 2. The van der Waals surface area contributed by atoms with E-state index in [1.165, 1.54) is 19.3 Å². The van der Waals surface area contributed by atoms with Gasteiger partial charge in [0.15, 0.2) is 5.11 Å². The topological polar surface area (TPSA) is 71.0 Å². The maximum atomic E-state index is 12.1. The van der Waals surface area contributed by atoms with Crippen LogP contribution in [0.3, 0.4) is 0 Å². The van der Waals surface area contributed by atoms with Gasteiger partial charge in [0.2, 0.25) is 5.91 Å². The molecule has 0 bridgehead atoms. The third-order valence-corrected chi connectivity index (χ3v) is 4.87. The molecule has 2 rings (SSSR count). The number of carbonyl (C=O) groups excluding carboxylic acids is 1. The predicted molar refractivity (Wildman–Crippen MR) is 96.5 cm³/mol. The lowest BCUT2D eigenvalue weighted by Gasteiger charge is -2.30. The molecule has 1 aliphatic rings. The molecule has 23 heavy (non-hydrogen) atoms. The van der Waals surface area contributed by atoms with Crippen molar-refractivity contribution in [2.75, 3.05) is 11.9 Å². The van der Waals surface area contributed by atoms with Crippen LogP contribution in [-0.2, 0) is 11.8 Å². The number of nitrogens with zero attached hydrogens (tertiary/aromatic N) is 2. The molecule has 1 heterocycles. The molecule has 1 aromatic heterocycles. The van der Waals surface area contributed by atoms with Gasteiger partial charge in [-0.2, -0.15) is 5.10 Å². The highest BCUT2D eigenvalue weighted by molar-refractivity contribution is 7.80. The van der Waals surface area contributed by atoms with Gasteiger partial charge in [0.05, 0.1) is 23.6 Å². The van der Waals surface area contributed by atoms with Crippen LogP contribution in [-0.4, -0.2) is 33.4 Å². The second-order valence-electron chi connectivity index (χ2n) is 6.41. The summed E-state index contributed by atoms with van der Waals surface area (Å²) in [7, 11) is 1.86. The van der Waals surface area contributed by atoms with Crippen molar-refractivity contribution < 1.29 is 4.79 Å². The van der Waals surface area contributed by atoms with E-state index in [0.29, 0.717) is 17.1 Å². The number of thiocarbonyl (C=S) groups is 1. The highest BCUT2D eigenvalue weighted by Gasteiger charge is 2.21. The Morgan fingerprint density at radius 1 is 1.35 bits per heavy atom. The first-order valence-corrected chi connectivity index (χ1v) is 8.63. The summed E-state index contributed by atoms with van der Waals surface area (Å²) >= 11 is 5.31. The number of aromatic nitrogens is 2. The maximum absolute atomic E-state index is 12.1. The fourth-order valence-electron chi connectivity index (χ4n) is 3.05. The van der Waals surface area contributed by atoms with Gasteiger partial charge in [-0.25, -0.2) is 0 Å². The number of amides is 1. The lowest BCUT2D eigenvalue weighted by atomic mass is 9.86. The molecule has 0 radical (unpaired) electrons. The standard InChI is InChI=1S/C16H27N5OS/c1-10-7-5-6-8-13(10)18-16(23)17-9-14(22)19-15-11(2)20-21(4)12(15)3/h10,13H,5-9H2,1-4H3,(H,19,22)(H2,17,18,23)/t10-,13-/m0/s1. The SMILES string of the molecule is Cc1nn(C)c(C)c1NC(=O)CNC(=S)N[C@H]1CCCC[C@@H]1C. The van der Waals surface area contributed by atoms with Crippen LogP contribution in [0.25, 0.3) is 0 Å². The second kappa shape index (κ2) is 7.77. The number of nitrogens with one attached hydrogen (secondary N) is 3. The van der Waals surface area contributed by atoms with Crippen molar-refractivity contribution in [2.45, 2.75) is 52.5 Å². The molecule has 1 amide bonds. The van der Waals surface area contributed by atoms with Crippen LogP contribution < -0.4 is 16.0 Å². The summed E-state index contributed by atoms with van der Waals surface area (Å²) in [5.41, 5.74) is 2.53. The van der Waals surface area contributed by atoms with Gasteiger partial charge < -0.3 is 16.0 Å². The minimum Gasteiger partial charge on any atom is -0.360 e. The van der Waals surface area contributed by atoms with E-state index < -0.39 is 0 Å². The first kappa shape index (κ1) is 17.7. The van der Waals surface area contributed by atoms with Crippen LogP contribution in [0.15, 0.2) is 0 Å². The highest BCUT2D eigenvalue weighted by Crippen LogP contribution is 2.23. The molecule has 128 valence electrons. The van der Waals surface area contributed by atoms with Crippen molar-refractivity contribution in [1.82, 2.24) is 20.4 Å². The average molecular weight is 337 g/mol. The quantitative estimate of drug-likeness (QED) is 0.733. The van der Waals surface area contributed by atoms with Crippen LogP contribution in [0.4, 0.5) is 5.69 Å². The van der Waals surface area contributed by atoms with Crippen molar-refractivity contribution in [2.24, 2.45) is 13.0 Å². The summed E-state index contributed by atoms with van der Waals surface area (Å²) in [6, 6.07) is 0.412. The van der Waals surface area contributed by atoms with E-state index in [1.807, 2.05) is 20.9 Å². The number of rotatable bonds is 4. The van der Waals surface area contributed by atoms with Crippen LogP contribution in [0, 0.1) is 19.8 Å². The Bertz CT molecular complexity index is 583. The minimum absolute atomic E-state index is 0.120. The summed E-state index contributed by atoms with van der Waals surface area (Å²) in [4.78, 5) is 12.1. The number of hydrogen-bond acceptors (Lipinski definition) is 3. The zero-order chi connectivity index (χ0) is 17.0. The van der Waals surface area contributed by atoms with Crippen LogP contribution in [0.2, 0.25) is 0 Å². The zero-order valence-corrected chi connectivity index (χ0v) is 15.2. The second-order valence-corrected chi connectivity index (χ2v) is 6.82. The van der Waals surface area contributed by atoms with Gasteiger partial charge in [-0.05, 0) is 44.8 Å².